The van der Waals surface area contributed by atoms with Crippen LogP contribution in [0.1, 0.15) is 63.7 Å². The summed E-state index contributed by atoms with van der Waals surface area (Å²) < 4.78 is 13.0. The van der Waals surface area contributed by atoms with Crippen molar-refractivity contribution in [2.45, 2.75) is 38.5 Å². The maximum Gasteiger partial charge on any atom is 0.254 e. The fourth-order valence-electron chi connectivity index (χ4n) is 5.17. The van der Waals surface area contributed by atoms with Crippen LogP contribution >= 0.6 is 0 Å². The summed E-state index contributed by atoms with van der Waals surface area (Å²) in [5, 5.41) is 5.36. The Labute approximate surface area is 197 Å². The lowest BCUT2D eigenvalue weighted by atomic mass is 9.88. The van der Waals surface area contributed by atoms with E-state index in [4.69, 9.17) is 14.5 Å². The predicted molar refractivity (Wildman–Crippen MR) is 126 cm³/mol. The van der Waals surface area contributed by atoms with E-state index in [1.807, 2.05) is 37.1 Å². The van der Waals surface area contributed by atoms with E-state index in [9.17, 15) is 9.59 Å². The number of aromatic nitrogens is 3. The molecule has 0 radical (unpaired) electrons. The van der Waals surface area contributed by atoms with E-state index < -0.39 is 0 Å². The van der Waals surface area contributed by atoms with Crippen LogP contribution in [-0.2, 0) is 7.05 Å². The zero-order chi connectivity index (χ0) is 23.4. The second-order valence-corrected chi connectivity index (χ2v) is 9.57. The number of likely N-dealkylation sites (tertiary alicyclic amines) is 1. The molecule has 4 heterocycles. The lowest BCUT2D eigenvalue weighted by molar-refractivity contribution is 0.0651. The molecule has 2 aliphatic heterocycles. The Bertz CT molecular complexity index is 1300. The number of ether oxygens (including phenoxy) is 2. The van der Waals surface area contributed by atoms with Gasteiger partial charge in [0.25, 0.3) is 5.91 Å². The van der Waals surface area contributed by atoms with E-state index in [1.165, 1.54) is 0 Å². The van der Waals surface area contributed by atoms with Crippen molar-refractivity contribution >= 4 is 22.7 Å². The molecule has 0 bridgehead atoms. The quantitative estimate of drug-likeness (QED) is 0.553. The monoisotopic (exact) mass is 460 g/mol. The molecule has 1 amide bonds. The van der Waals surface area contributed by atoms with Crippen molar-refractivity contribution in [1.82, 2.24) is 19.7 Å². The molecular formula is C26H28N4O4. The van der Waals surface area contributed by atoms with E-state index in [0.29, 0.717) is 67.7 Å². The molecular weight excluding hydrogens is 432 g/mol. The van der Waals surface area contributed by atoms with Crippen molar-refractivity contribution in [2.75, 3.05) is 26.3 Å². The highest BCUT2D eigenvalue weighted by molar-refractivity contribution is 6.07. The number of hydrogen-bond acceptors (Lipinski definition) is 6. The smallest absolute Gasteiger partial charge is 0.254 e. The summed E-state index contributed by atoms with van der Waals surface area (Å²) in [6.07, 6.45) is 3.54. The summed E-state index contributed by atoms with van der Waals surface area (Å²) in [6.45, 7) is 4.06. The van der Waals surface area contributed by atoms with Gasteiger partial charge in [0.1, 0.15) is 13.2 Å². The number of ketones is 1. The lowest BCUT2D eigenvalue weighted by Gasteiger charge is -2.32. The molecule has 1 saturated carbocycles. The fourth-order valence-corrected chi connectivity index (χ4v) is 5.17. The van der Waals surface area contributed by atoms with Crippen molar-refractivity contribution in [3.05, 3.63) is 46.8 Å². The van der Waals surface area contributed by atoms with Crippen LogP contribution < -0.4 is 9.47 Å². The first kappa shape index (κ1) is 21.1. The molecule has 176 valence electrons. The van der Waals surface area contributed by atoms with Crippen LogP contribution in [0.15, 0.2) is 24.3 Å². The van der Waals surface area contributed by atoms with E-state index in [2.05, 4.69) is 5.10 Å². The Hall–Kier alpha value is -3.42. The molecule has 2 aromatic heterocycles. The lowest BCUT2D eigenvalue weighted by Crippen LogP contribution is -2.40. The maximum atomic E-state index is 13.6. The number of amides is 1. The highest BCUT2D eigenvalue weighted by atomic mass is 16.6. The predicted octanol–water partition coefficient (Wildman–Crippen LogP) is 3.66. The van der Waals surface area contributed by atoms with Gasteiger partial charge in [-0.15, -0.1) is 0 Å². The number of rotatable bonds is 4. The number of fused-ring (bicyclic) bond motifs is 2. The topological polar surface area (TPSA) is 86.6 Å². The second kappa shape index (κ2) is 8.11. The molecule has 0 atom stereocenters. The van der Waals surface area contributed by atoms with Crippen molar-refractivity contribution in [1.29, 1.82) is 0 Å². The molecule has 8 nitrogen and oxygen atoms in total. The number of nitrogens with zero attached hydrogens (tertiary/aromatic N) is 4. The first-order valence-electron chi connectivity index (χ1n) is 12.1. The van der Waals surface area contributed by atoms with Crippen LogP contribution in [0.25, 0.3) is 11.0 Å². The zero-order valence-electron chi connectivity index (χ0n) is 19.5. The summed E-state index contributed by atoms with van der Waals surface area (Å²) in [6, 6.07) is 7.38. The number of carbonyl (C=O) groups is 2. The van der Waals surface area contributed by atoms with Crippen molar-refractivity contribution in [3.8, 4) is 11.5 Å². The molecule has 34 heavy (non-hydrogen) atoms. The summed E-state index contributed by atoms with van der Waals surface area (Å²) in [5.74, 6) is 1.77. The molecule has 1 aliphatic carbocycles. The Morgan fingerprint density at radius 2 is 1.74 bits per heavy atom. The molecule has 8 heteroatoms. The third-order valence-electron chi connectivity index (χ3n) is 7.19. The number of hydrogen-bond donors (Lipinski definition) is 0. The Balaban J connectivity index is 1.20. The van der Waals surface area contributed by atoms with E-state index in [-0.39, 0.29) is 17.6 Å². The summed E-state index contributed by atoms with van der Waals surface area (Å²) in [4.78, 5) is 33.5. The van der Waals surface area contributed by atoms with Gasteiger partial charge in [0.2, 0.25) is 0 Å². The van der Waals surface area contributed by atoms with Gasteiger partial charge in [-0.1, -0.05) is 0 Å². The number of pyridine rings is 1. The standard InChI is InChI=1S/C26H28N4O4/c1-15-23-19(14-20(16-3-4-16)27-25(23)29(2)28-15)26(32)30-9-7-17(8-10-30)24(31)18-5-6-21-22(13-18)34-12-11-33-21/h5-6,13-14,16-17H,3-4,7-12H2,1-2H3. The van der Waals surface area contributed by atoms with Crippen LogP contribution in [0, 0.1) is 12.8 Å². The third-order valence-corrected chi connectivity index (χ3v) is 7.19. The minimum Gasteiger partial charge on any atom is -0.486 e. The van der Waals surface area contributed by atoms with Crippen molar-refractivity contribution < 1.29 is 19.1 Å². The van der Waals surface area contributed by atoms with Crippen LogP contribution in [0.4, 0.5) is 0 Å². The van der Waals surface area contributed by atoms with Crippen molar-refractivity contribution in [3.63, 3.8) is 0 Å². The summed E-state index contributed by atoms with van der Waals surface area (Å²) in [7, 11) is 1.88. The molecule has 6 rings (SSSR count). The van der Waals surface area contributed by atoms with E-state index in [1.54, 1.807) is 10.7 Å². The third kappa shape index (κ3) is 3.61. The highest BCUT2D eigenvalue weighted by Gasteiger charge is 2.32. The van der Waals surface area contributed by atoms with Gasteiger partial charge in [-0.05, 0) is 56.9 Å². The number of benzene rings is 1. The van der Waals surface area contributed by atoms with Gasteiger partial charge >= 0.3 is 0 Å². The molecule has 1 aromatic carbocycles. The molecule has 0 spiro atoms. The average molecular weight is 461 g/mol. The molecule has 2 fully saturated rings. The average Bonchev–Trinajstić information content (AvgIpc) is 3.68. The summed E-state index contributed by atoms with van der Waals surface area (Å²) in [5.41, 5.74) is 3.91. The number of piperidine rings is 1. The second-order valence-electron chi connectivity index (χ2n) is 9.57. The Morgan fingerprint density at radius 1 is 1.00 bits per heavy atom. The number of carbonyl (C=O) groups excluding carboxylic acids is 2. The number of Topliss-reactive ketones (excluding diaryl/α,β-unsaturated/α-hetero) is 1. The Kier molecular flexibility index (Phi) is 5.04. The minimum atomic E-state index is -0.105. The summed E-state index contributed by atoms with van der Waals surface area (Å²) >= 11 is 0. The first-order valence-corrected chi connectivity index (χ1v) is 12.1. The molecule has 0 unspecified atom stereocenters. The molecule has 3 aromatic rings. The van der Waals surface area contributed by atoms with E-state index >= 15 is 0 Å². The zero-order valence-corrected chi connectivity index (χ0v) is 19.5. The molecule has 3 aliphatic rings. The normalized spacial score (nSPS) is 18.4. The SMILES string of the molecule is Cc1nn(C)c2nc(C3CC3)cc(C(=O)N3CCC(C(=O)c4ccc5c(c4)OCCO5)CC3)c12. The molecule has 0 N–H and O–H groups in total. The van der Waals surface area contributed by atoms with Crippen LogP contribution in [0.2, 0.25) is 0 Å². The van der Waals surface area contributed by atoms with Gasteiger partial charge in [-0.2, -0.15) is 5.10 Å². The first-order chi connectivity index (χ1) is 16.5. The largest absolute Gasteiger partial charge is 0.486 e. The highest BCUT2D eigenvalue weighted by Crippen LogP contribution is 2.41. The van der Waals surface area contributed by atoms with Gasteiger partial charge in [0.15, 0.2) is 22.9 Å². The Morgan fingerprint density at radius 3 is 2.47 bits per heavy atom. The van der Waals surface area contributed by atoms with Crippen molar-refractivity contribution in [2.24, 2.45) is 13.0 Å². The number of aryl methyl sites for hydroxylation is 2. The van der Waals surface area contributed by atoms with Gasteiger partial charge in [-0.3, -0.25) is 14.3 Å². The van der Waals surface area contributed by atoms with Crippen LogP contribution in [0.5, 0.6) is 11.5 Å². The van der Waals surface area contributed by atoms with Gasteiger partial charge in [0.05, 0.1) is 16.6 Å². The maximum absolute atomic E-state index is 13.6. The van der Waals surface area contributed by atoms with Gasteiger partial charge in [0, 0.05) is 43.2 Å². The molecule has 1 saturated heterocycles. The van der Waals surface area contributed by atoms with Gasteiger partial charge < -0.3 is 14.4 Å². The van der Waals surface area contributed by atoms with Crippen LogP contribution in [0.3, 0.4) is 0 Å². The van der Waals surface area contributed by atoms with Crippen LogP contribution in [-0.4, -0.2) is 57.7 Å². The minimum absolute atomic E-state index is 0.00984. The van der Waals surface area contributed by atoms with Gasteiger partial charge in [-0.25, -0.2) is 4.98 Å². The fraction of sp³-hybridized carbons (Fsp3) is 0.462. The van der Waals surface area contributed by atoms with E-state index in [0.717, 1.165) is 35.3 Å².